The summed E-state index contributed by atoms with van der Waals surface area (Å²) in [6.07, 6.45) is 1.72. The lowest BCUT2D eigenvalue weighted by Crippen LogP contribution is -2.33. The summed E-state index contributed by atoms with van der Waals surface area (Å²) in [4.78, 5) is 43.7. The van der Waals surface area contributed by atoms with Crippen molar-refractivity contribution < 1.29 is 23.6 Å². The van der Waals surface area contributed by atoms with E-state index in [1.807, 2.05) is 0 Å². The van der Waals surface area contributed by atoms with E-state index in [1.54, 1.807) is 41.9 Å². The van der Waals surface area contributed by atoms with Crippen molar-refractivity contribution in [3.63, 3.8) is 0 Å². The van der Waals surface area contributed by atoms with Crippen molar-refractivity contribution in [1.82, 2.24) is 20.4 Å². The number of hydrogen-bond donors (Lipinski definition) is 1. The third-order valence-electron chi connectivity index (χ3n) is 3.27. The Labute approximate surface area is 157 Å². The van der Waals surface area contributed by atoms with E-state index in [4.69, 9.17) is 9.26 Å². The second kappa shape index (κ2) is 8.81. The molecule has 1 N–H and O–H groups in total. The third-order valence-corrected chi connectivity index (χ3v) is 4.14. The number of nitrogens with one attached hydrogen (secondary N) is 1. The van der Waals surface area contributed by atoms with Gasteiger partial charge in [-0.25, -0.2) is 0 Å². The van der Waals surface area contributed by atoms with Gasteiger partial charge in [0.2, 0.25) is 11.7 Å². The zero-order valence-electron chi connectivity index (χ0n) is 14.0. The molecule has 2 amide bonds. The van der Waals surface area contributed by atoms with Crippen molar-refractivity contribution in [3.8, 4) is 11.5 Å². The molecule has 0 saturated heterocycles. The number of ether oxygens (including phenoxy) is 1. The first-order valence-electron chi connectivity index (χ1n) is 7.89. The van der Waals surface area contributed by atoms with Crippen LogP contribution in [-0.4, -0.2) is 39.5 Å². The number of aryl methyl sites for hydroxylation is 1. The number of pyridine rings is 1. The van der Waals surface area contributed by atoms with Gasteiger partial charge in [0.1, 0.15) is 5.69 Å². The predicted molar refractivity (Wildman–Crippen MR) is 93.6 cm³/mol. The minimum atomic E-state index is -0.697. The molecule has 3 heterocycles. The molecule has 0 bridgehead atoms. The van der Waals surface area contributed by atoms with Crippen LogP contribution in [-0.2, 0) is 20.7 Å². The molecule has 9 nitrogen and oxygen atoms in total. The van der Waals surface area contributed by atoms with Gasteiger partial charge in [-0.1, -0.05) is 17.3 Å². The number of hydrogen-bond acceptors (Lipinski definition) is 9. The van der Waals surface area contributed by atoms with Crippen LogP contribution in [0.2, 0.25) is 0 Å². The normalized spacial score (nSPS) is 10.4. The van der Waals surface area contributed by atoms with Gasteiger partial charge in [-0.05, 0) is 23.6 Å². The second-order valence-corrected chi connectivity index (χ2v) is 6.19. The molecule has 0 aliphatic rings. The molecule has 0 atom stereocenters. The topological polar surface area (TPSA) is 124 Å². The van der Waals surface area contributed by atoms with Gasteiger partial charge in [-0.2, -0.15) is 4.98 Å². The van der Waals surface area contributed by atoms with E-state index in [9.17, 15) is 14.4 Å². The van der Waals surface area contributed by atoms with Crippen LogP contribution in [0.15, 0.2) is 46.4 Å². The first kappa shape index (κ1) is 18.4. The summed E-state index contributed by atoms with van der Waals surface area (Å²) in [7, 11) is 0. The average Bonchev–Trinajstić information content (AvgIpc) is 3.37. The highest BCUT2D eigenvalue weighted by Gasteiger charge is 2.15. The SMILES string of the molecule is O=C(COC(=O)CCc1nc(-c2ccccn2)no1)NC(=O)c1cccs1. The van der Waals surface area contributed by atoms with Crippen LogP contribution < -0.4 is 5.32 Å². The van der Waals surface area contributed by atoms with Crippen LogP contribution in [0.4, 0.5) is 0 Å². The molecular weight excluding hydrogens is 372 g/mol. The lowest BCUT2D eigenvalue weighted by molar-refractivity contribution is -0.148. The zero-order valence-corrected chi connectivity index (χ0v) is 14.8. The quantitative estimate of drug-likeness (QED) is 0.608. The molecule has 10 heteroatoms. The minimum Gasteiger partial charge on any atom is -0.456 e. The lowest BCUT2D eigenvalue weighted by atomic mass is 10.3. The van der Waals surface area contributed by atoms with E-state index in [1.165, 1.54) is 11.3 Å². The van der Waals surface area contributed by atoms with Crippen LogP contribution in [0, 0.1) is 0 Å². The predicted octanol–water partition coefficient (Wildman–Crippen LogP) is 1.63. The van der Waals surface area contributed by atoms with Crippen LogP contribution in [0.3, 0.4) is 0 Å². The molecule has 0 unspecified atom stereocenters. The van der Waals surface area contributed by atoms with Crippen molar-refractivity contribution in [2.45, 2.75) is 12.8 Å². The third kappa shape index (κ3) is 5.28. The monoisotopic (exact) mass is 386 g/mol. The highest BCUT2D eigenvalue weighted by molar-refractivity contribution is 7.12. The number of aromatic nitrogens is 3. The standard InChI is InChI=1S/C17H14N4O5S/c22-13(19-17(24)12-5-3-9-27-12)10-25-15(23)7-6-14-20-16(21-26-14)11-4-1-2-8-18-11/h1-5,8-9H,6-7,10H2,(H,19,22,24). The molecule has 0 spiro atoms. The molecule has 3 aromatic heterocycles. The summed E-state index contributed by atoms with van der Waals surface area (Å²) in [5, 5.41) is 7.65. The molecule has 0 radical (unpaired) electrons. The number of nitrogens with zero attached hydrogens (tertiary/aromatic N) is 3. The number of rotatable bonds is 7. The van der Waals surface area contributed by atoms with Gasteiger partial charge < -0.3 is 9.26 Å². The Morgan fingerprint density at radius 1 is 1.19 bits per heavy atom. The van der Waals surface area contributed by atoms with Gasteiger partial charge >= 0.3 is 5.97 Å². The molecule has 0 aliphatic heterocycles. The van der Waals surface area contributed by atoms with E-state index in [0.29, 0.717) is 16.4 Å². The number of carbonyl (C=O) groups excluding carboxylic acids is 3. The highest BCUT2D eigenvalue weighted by Crippen LogP contribution is 2.13. The maximum Gasteiger partial charge on any atom is 0.306 e. The first-order valence-corrected chi connectivity index (χ1v) is 8.77. The van der Waals surface area contributed by atoms with Crippen LogP contribution in [0.1, 0.15) is 22.0 Å². The van der Waals surface area contributed by atoms with Crippen molar-refractivity contribution in [1.29, 1.82) is 0 Å². The smallest absolute Gasteiger partial charge is 0.306 e. The minimum absolute atomic E-state index is 0.0456. The Morgan fingerprint density at radius 2 is 2.07 bits per heavy atom. The summed E-state index contributed by atoms with van der Waals surface area (Å²) in [5.41, 5.74) is 0.558. The molecule has 138 valence electrons. The zero-order chi connectivity index (χ0) is 19.1. The average molecular weight is 386 g/mol. The van der Waals surface area contributed by atoms with E-state index >= 15 is 0 Å². The highest BCUT2D eigenvalue weighted by atomic mass is 32.1. The Bertz CT molecular complexity index is 924. The van der Waals surface area contributed by atoms with Gasteiger partial charge in [0.05, 0.1) is 11.3 Å². The first-order chi connectivity index (χ1) is 13.1. The maximum atomic E-state index is 11.7. The number of carbonyl (C=O) groups is 3. The van der Waals surface area contributed by atoms with Crippen molar-refractivity contribution in [2.24, 2.45) is 0 Å². The van der Waals surface area contributed by atoms with Gasteiger partial charge in [-0.15, -0.1) is 11.3 Å². The van der Waals surface area contributed by atoms with Gasteiger partial charge in [0.15, 0.2) is 6.61 Å². The van der Waals surface area contributed by atoms with Crippen molar-refractivity contribution in [3.05, 3.63) is 52.7 Å². The summed E-state index contributed by atoms with van der Waals surface area (Å²) in [5.74, 6) is -1.27. The maximum absolute atomic E-state index is 11.7. The fourth-order valence-corrected chi connectivity index (χ4v) is 2.63. The van der Waals surface area contributed by atoms with E-state index in [2.05, 4.69) is 20.4 Å². The number of thiophene rings is 1. The van der Waals surface area contributed by atoms with Crippen LogP contribution >= 0.6 is 11.3 Å². The number of esters is 1. The Morgan fingerprint density at radius 3 is 2.81 bits per heavy atom. The second-order valence-electron chi connectivity index (χ2n) is 5.24. The molecule has 27 heavy (non-hydrogen) atoms. The molecule has 0 saturated carbocycles. The van der Waals surface area contributed by atoms with Gasteiger partial charge in [-0.3, -0.25) is 24.7 Å². The fourth-order valence-electron chi connectivity index (χ4n) is 2.01. The summed E-state index contributed by atoms with van der Waals surface area (Å²) in [6, 6.07) is 8.58. The number of imide groups is 1. The van der Waals surface area contributed by atoms with Crippen LogP contribution in [0.25, 0.3) is 11.5 Å². The summed E-state index contributed by atoms with van der Waals surface area (Å²) in [6.45, 7) is -0.543. The van der Waals surface area contributed by atoms with E-state index in [-0.39, 0.29) is 18.7 Å². The molecule has 3 rings (SSSR count). The molecule has 0 aromatic carbocycles. The largest absolute Gasteiger partial charge is 0.456 e. The molecule has 3 aromatic rings. The Kier molecular flexibility index (Phi) is 6.00. The molecular formula is C17H14N4O5S. The Balaban J connectivity index is 1.40. The van der Waals surface area contributed by atoms with Crippen LogP contribution in [0.5, 0.6) is 0 Å². The lowest BCUT2D eigenvalue weighted by Gasteiger charge is -2.04. The van der Waals surface area contributed by atoms with Crippen molar-refractivity contribution >= 4 is 29.1 Å². The molecule has 0 aliphatic carbocycles. The number of amides is 2. The fraction of sp³-hybridized carbons (Fsp3) is 0.176. The molecule has 0 fully saturated rings. The van der Waals surface area contributed by atoms with Gasteiger partial charge in [0.25, 0.3) is 11.8 Å². The summed E-state index contributed by atoms with van der Waals surface area (Å²) < 4.78 is 9.89. The Hall–Kier alpha value is -3.40. The van der Waals surface area contributed by atoms with Gasteiger partial charge in [0, 0.05) is 12.6 Å². The van der Waals surface area contributed by atoms with E-state index < -0.39 is 24.4 Å². The summed E-state index contributed by atoms with van der Waals surface area (Å²) >= 11 is 1.20. The van der Waals surface area contributed by atoms with E-state index in [0.717, 1.165) is 0 Å². The van der Waals surface area contributed by atoms with Crippen molar-refractivity contribution in [2.75, 3.05) is 6.61 Å².